The minimum atomic E-state index is 0.569. The normalized spacial score (nSPS) is 12.0. The average molecular weight is 312 g/mol. The fraction of sp³-hybridized carbons (Fsp3) is 0.600. The summed E-state index contributed by atoms with van der Waals surface area (Å²) in [5.74, 6) is 0.818. The lowest BCUT2D eigenvalue weighted by atomic mass is 10.1. The van der Waals surface area contributed by atoms with E-state index < -0.39 is 0 Å². The van der Waals surface area contributed by atoms with Gasteiger partial charge in [-0.15, -0.1) is 11.3 Å². The van der Waals surface area contributed by atoms with Crippen LogP contribution in [0.15, 0.2) is 0 Å². The monoisotopic (exact) mass is 311 g/mol. The molecule has 0 amide bonds. The van der Waals surface area contributed by atoms with Crippen LogP contribution in [-0.4, -0.2) is 28.0 Å². The third-order valence-corrected chi connectivity index (χ3v) is 5.36. The molecule has 2 aromatic rings. The van der Waals surface area contributed by atoms with Crippen LogP contribution >= 0.6 is 22.9 Å². The Labute approximate surface area is 130 Å². The Bertz CT molecular complexity index is 605. The van der Waals surface area contributed by atoms with E-state index in [0.29, 0.717) is 11.2 Å². The lowest BCUT2D eigenvalue weighted by molar-refractivity contribution is 0.217. The summed E-state index contributed by atoms with van der Waals surface area (Å²) in [4.78, 5) is 13.8. The highest BCUT2D eigenvalue weighted by Gasteiger charge is 2.16. The van der Waals surface area contributed by atoms with E-state index in [1.807, 2.05) is 0 Å². The molecule has 3 nitrogen and oxygen atoms in total. The molecule has 0 aromatic carbocycles. The van der Waals surface area contributed by atoms with Crippen LogP contribution in [0, 0.1) is 13.8 Å². The second-order valence-electron chi connectivity index (χ2n) is 5.28. The summed E-state index contributed by atoms with van der Waals surface area (Å²) in [6.07, 6.45) is 2.28. The van der Waals surface area contributed by atoms with Gasteiger partial charge in [-0.3, -0.25) is 4.90 Å². The first-order valence-corrected chi connectivity index (χ1v) is 8.29. The fourth-order valence-electron chi connectivity index (χ4n) is 2.58. The Balaban J connectivity index is 2.32. The number of hydrogen-bond acceptors (Lipinski definition) is 4. The van der Waals surface area contributed by atoms with E-state index in [2.05, 4.69) is 49.6 Å². The first-order valence-electron chi connectivity index (χ1n) is 7.10. The van der Waals surface area contributed by atoms with E-state index in [4.69, 9.17) is 11.6 Å². The van der Waals surface area contributed by atoms with Gasteiger partial charge in [0.05, 0.1) is 11.9 Å². The van der Waals surface area contributed by atoms with Gasteiger partial charge in [0.1, 0.15) is 15.8 Å². The molecule has 2 heterocycles. The quantitative estimate of drug-likeness (QED) is 0.757. The van der Waals surface area contributed by atoms with E-state index in [-0.39, 0.29) is 0 Å². The average Bonchev–Trinajstić information content (AvgIpc) is 2.66. The largest absolute Gasteiger partial charge is 0.296 e. The van der Waals surface area contributed by atoms with Gasteiger partial charge < -0.3 is 0 Å². The molecule has 0 atom stereocenters. The predicted molar refractivity (Wildman–Crippen MR) is 87.7 cm³/mol. The fourth-order valence-corrected chi connectivity index (χ4v) is 4.01. The summed E-state index contributed by atoms with van der Waals surface area (Å²) in [6.45, 7) is 9.37. The van der Waals surface area contributed by atoms with E-state index >= 15 is 0 Å². The number of fused-ring (bicyclic) bond motifs is 1. The molecule has 0 N–H and O–H groups in total. The highest BCUT2D eigenvalue weighted by molar-refractivity contribution is 7.18. The van der Waals surface area contributed by atoms with Gasteiger partial charge in [0.2, 0.25) is 0 Å². The summed E-state index contributed by atoms with van der Waals surface area (Å²) in [5.41, 5.74) is 1.20. The molecule has 5 heteroatoms. The maximum Gasteiger partial charge on any atom is 0.145 e. The molecule has 0 aliphatic rings. The summed E-state index contributed by atoms with van der Waals surface area (Å²) in [7, 11) is 2.13. The number of aryl methyl sites for hydroxylation is 2. The van der Waals surface area contributed by atoms with Crippen LogP contribution < -0.4 is 0 Å². The maximum absolute atomic E-state index is 6.35. The van der Waals surface area contributed by atoms with E-state index in [9.17, 15) is 0 Å². The molecule has 2 rings (SSSR count). The highest BCUT2D eigenvalue weighted by Crippen LogP contribution is 2.33. The molecule has 0 aliphatic carbocycles. The molecule has 0 radical (unpaired) electrons. The van der Waals surface area contributed by atoms with E-state index in [1.165, 1.54) is 10.4 Å². The Morgan fingerprint density at radius 3 is 2.45 bits per heavy atom. The molecular weight excluding hydrogens is 290 g/mol. The van der Waals surface area contributed by atoms with Gasteiger partial charge in [0.15, 0.2) is 0 Å². The number of thiophene rings is 1. The highest BCUT2D eigenvalue weighted by atomic mass is 35.5. The van der Waals surface area contributed by atoms with Crippen molar-refractivity contribution in [2.24, 2.45) is 0 Å². The van der Waals surface area contributed by atoms with Crippen molar-refractivity contribution in [2.75, 3.05) is 7.05 Å². The lowest BCUT2D eigenvalue weighted by Crippen LogP contribution is -2.30. The van der Waals surface area contributed by atoms with Crippen molar-refractivity contribution < 1.29 is 0 Å². The molecular formula is C15H22ClN3S. The number of rotatable bonds is 5. The minimum Gasteiger partial charge on any atom is -0.296 e. The topological polar surface area (TPSA) is 29.0 Å². The number of hydrogen-bond donors (Lipinski definition) is 0. The number of halogens is 1. The van der Waals surface area contributed by atoms with Gasteiger partial charge in [-0.05, 0) is 39.3 Å². The molecule has 0 bridgehead atoms. The molecule has 20 heavy (non-hydrogen) atoms. The van der Waals surface area contributed by atoms with Crippen molar-refractivity contribution in [1.29, 1.82) is 0 Å². The smallest absolute Gasteiger partial charge is 0.145 e. The van der Waals surface area contributed by atoms with Crippen LogP contribution in [0.3, 0.4) is 0 Å². The van der Waals surface area contributed by atoms with Crippen LogP contribution in [-0.2, 0) is 6.54 Å². The first-order chi connectivity index (χ1) is 9.47. The third kappa shape index (κ3) is 2.97. The van der Waals surface area contributed by atoms with Crippen LogP contribution in [0.5, 0.6) is 0 Å². The zero-order valence-electron chi connectivity index (χ0n) is 12.8. The van der Waals surface area contributed by atoms with Gasteiger partial charge in [-0.25, -0.2) is 9.97 Å². The third-order valence-electron chi connectivity index (χ3n) is 3.99. The van der Waals surface area contributed by atoms with Gasteiger partial charge in [-0.1, -0.05) is 25.4 Å². The molecule has 0 fully saturated rings. The standard InChI is InChI=1S/C15H22ClN3S/c1-6-11(7-2)19(5)8-12-17-14(16)13-9(3)10(4)20-15(13)18-12/h11H,6-8H2,1-5H3. The molecule has 0 unspecified atom stereocenters. The summed E-state index contributed by atoms with van der Waals surface area (Å²) in [6, 6.07) is 0.569. The van der Waals surface area contributed by atoms with Gasteiger partial charge in [0, 0.05) is 10.9 Å². The molecule has 110 valence electrons. The van der Waals surface area contributed by atoms with Crippen molar-refractivity contribution in [1.82, 2.24) is 14.9 Å². The number of aromatic nitrogens is 2. The molecule has 0 aliphatic heterocycles. The van der Waals surface area contributed by atoms with Crippen LogP contribution in [0.1, 0.15) is 43.0 Å². The van der Waals surface area contributed by atoms with Crippen molar-refractivity contribution in [3.8, 4) is 0 Å². The second kappa shape index (κ2) is 6.37. The SMILES string of the molecule is CCC(CC)N(C)Cc1nc(Cl)c2c(C)c(C)sc2n1. The van der Waals surface area contributed by atoms with Gasteiger partial charge >= 0.3 is 0 Å². The zero-order chi connectivity index (χ0) is 14.9. The lowest BCUT2D eigenvalue weighted by Gasteiger charge is -2.25. The first kappa shape index (κ1) is 15.7. The van der Waals surface area contributed by atoms with Crippen molar-refractivity contribution in [2.45, 2.75) is 53.1 Å². The summed E-state index contributed by atoms with van der Waals surface area (Å²) < 4.78 is 0. The Hall–Kier alpha value is -0.710. The molecule has 0 saturated carbocycles. The van der Waals surface area contributed by atoms with Crippen LogP contribution in [0.4, 0.5) is 0 Å². The van der Waals surface area contributed by atoms with Crippen LogP contribution in [0.2, 0.25) is 5.15 Å². The maximum atomic E-state index is 6.35. The van der Waals surface area contributed by atoms with Gasteiger partial charge in [0.25, 0.3) is 0 Å². The van der Waals surface area contributed by atoms with Crippen molar-refractivity contribution in [3.05, 3.63) is 21.4 Å². The Kier molecular flexibility index (Phi) is 4.99. The second-order valence-corrected chi connectivity index (χ2v) is 6.84. The predicted octanol–water partition coefficient (Wildman–Crippen LogP) is 4.58. The van der Waals surface area contributed by atoms with Crippen molar-refractivity contribution in [3.63, 3.8) is 0 Å². The van der Waals surface area contributed by atoms with Gasteiger partial charge in [-0.2, -0.15) is 0 Å². The minimum absolute atomic E-state index is 0.569. The Morgan fingerprint density at radius 2 is 1.85 bits per heavy atom. The van der Waals surface area contributed by atoms with E-state index in [0.717, 1.165) is 35.4 Å². The number of nitrogens with zero attached hydrogens (tertiary/aromatic N) is 3. The zero-order valence-corrected chi connectivity index (χ0v) is 14.4. The molecule has 2 aromatic heterocycles. The van der Waals surface area contributed by atoms with Crippen LogP contribution in [0.25, 0.3) is 10.2 Å². The van der Waals surface area contributed by atoms with Crippen molar-refractivity contribution >= 4 is 33.2 Å². The Morgan fingerprint density at radius 1 is 1.20 bits per heavy atom. The molecule has 0 saturated heterocycles. The van der Waals surface area contributed by atoms with E-state index in [1.54, 1.807) is 11.3 Å². The molecule has 0 spiro atoms. The summed E-state index contributed by atoms with van der Waals surface area (Å²) in [5, 5.41) is 1.60. The summed E-state index contributed by atoms with van der Waals surface area (Å²) >= 11 is 8.05.